The maximum Gasteiger partial charge on any atom is 0.131 e. The molecule has 0 saturated carbocycles. The monoisotopic (exact) mass is 365 g/mol. The Morgan fingerprint density at radius 1 is 1.15 bits per heavy atom. The number of nitrogens with zero attached hydrogens (tertiary/aromatic N) is 1. The quantitative estimate of drug-likeness (QED) is 0.459. The number of aryl methyl sites for hydroxylation is 2. The molecular weight excluding hydrogens is 334 g/mol. The SMILES string of the molecule is CCCCCc1cc(O)c(C2C=C(C)CCC2)c(O)c1-c1ccnc(C)c1. The van der Waals surface area contributed by atoms with Crippen LogP contribution in [0.3, 0.4) is 0 Å². The first-order valence-corrected chi connectivity index (χ1v) is 10.2. The van der Waals surface area contributed by atoms with Crippen molar-refractivity contribution >= 4 is 0 Å². The summed E-state index contributed by atoms with van der Waals surface area (Å²) < 4.78 is 0. The van der Waals surface area contributed by atoms with Crippen molar-refractivity contribution in [3.63, 3.8) is 0 Å². The maximum absolute atomic E-state index is 11.3. The van der Waals surface area contributed by atoms with Gasteiger partial charge in [-0.05, 0) is 75.3 Å². The smallest absolute Gasteiger partial charge is 0.131 e. The highest BCUT2D eigenvalue weighted by molar-refractivity contribution is 5.78. The topological polar surface area (TPSA) is 53.4 Å². The second-order valence-corrected chi connectivity index (χ2v) is 7.85. The van der Waals surface area contributed by atoms with Gasteiger partial charge in [0.2, 0.25) is 0 Å². The van der Waals surface area contributed by atoms with Crippen molar-refractivity contribution in [2.24, 2.45) is 0 Å². The summed E-state index contributed by atoms with van der Waals surface area (Å²) in [5.41, 5.74) is 5.79. The molecule has 3 rings (SSSR count). The molecule has 1 aromatic heterocycles. The second-order valence-electron chi connectivity index (χ2n) is 7.85. The number of hydrogen-bond acceptors (Lipinski definition) is 3. The normalized spacial score (nSPS) is 17.0. The van der Waals surface area contributed by atoms with Crippen LogP contribution in [-0.2, 0) is 6.42 Å². The average Bonchev–Trinajstić information content (AvgIpc) is 2.62. The van der Waals surface area contributed by atoms with E-state index in [2.05, 4.69) is 24.9 Å². The largest absolute Gasteiger partial charge is 0.507 e. The van der Waals surface area contributed by atoms with Crippen LogP contribution in [0.4, 0.5) is 0 Å². The number of aromatic hydroxyl groups is 2. The van der Waals surface area contributed by atoms with Crippen molar-refractivity contribution in [3.05, 3.63) is 52.9 Å². The van der Waals surface area contributed by atoms with E-state index < -0.39 is 0 Å². The lowest BCUT2D eigenvalue weighted by Gasteiger charge is -2.24. The van der Waals surface area contributed by atoms with Gasteiger partial charge >= 0.3 is 0 Å². The Hall–Kier alpha value is -2.29. The Morgan fingerprint density at radius 2 is 1.96 bits per heavy atom. The van der Waals surface area contributed by atoms with Crippen molar-refractivity contribution in [1.29, 1.82) is 0 Å². The highest BCUT2D eigenvalue weighted by Crippen LogP contribution is 2.47. The summed E-state index contributed by atoms with van der Waals surface area (Å²) in [5.74, 6) is 0.539. The van der Waals surface area contributed by atoms with Gasteiger partial charge in [-0.2, -0.15) is 0 Å². The summed E-state index contributed by atoms with van der Waals surface area (Å²) in [7, 11) is 0. The molecule has 27 heavy (non-hydrogen) atoms. The standard InChI is InChI=1S/C24H31NO2/c1-4-5-6-9-19-15-21(26)23(18-10-7-8-16(2)13-18)24(27)22(19)20-11-12-25-17(3)14-20/h11-15,18,26-27H,4-10H2,1-3H3. The molecule has 144 valence electrons. The number of pyridine rings is 1. The maximum atomic E-state index is 11.3. The first-order chi connectivity index (χ1) is 13.0. The van der Waals surface area contributed by atoms with Crippen LogP contribution in [0.1, 0.15) is 75.1 Å². The van der Waals surface area contributed by atoms with Gasteiger partial charge in [0.1, 0.15) is 11.5 Å². The van der Waals surface area contributed by atoms with Crippen molar-refractivity contribution in [1.82, 2.24) is 4.98 Å². The van der Waals surface area contributed by atoms with Gasteiger partial charge in [0.15, 0.2) is 0 Å². The minimum absolute atomic E-state index is 0.0742. The van der Waals surface area contributed by atoms with Gasteiger partial charge in [-0.15, -0.1) is 0 Å². The fourth-order valence-corrected chi connectivity index (χ4v) is 4.21. The van der Waals surface area contributed by atoms with E-state index in [1.54, 1.807) is 6.20 Å². The molecule has 0 saturated heterocycles. The van der Waals surface area contributed by atoms with E-state index in [1.165, 1.54) is 5.57 Å². The Kier molecular flexibility index (Phi) is 6.20. The molecule has 0 radical (unpaired) electrons. The second kappa shape index (κ2) is 8.60. The first kappa shape index (κ1) is 19.5. The predicted molar refractivity (Wildman–Crippen MR) is 111 cm³/mol. The van der Waals surface area contributed by atoms with Crippen molar-refractivity contribution in [2.45, 2.75) is 71.6 Å². The van der Waals surface area contributed by atoms with Gasteiger partial charge in [-0.1, -0.05) is 31.4 Å². The third kappa shape index (κ3) is 4.35. The molecular formula is C24H31NO2. The number of rotatable bonds is 6. The van der Waals surface area contributed by atoms with E-state index in [0.717, 1.165) is 67.3 Å². The molecule has 1 aliphatic carbocycles. The molecule has 1 heterocycles. The predicted octanol–water partition coefficient (Wildman–Crippen LogP) is 6.41. The molecule has 3 nitrogen and oxygen atoms in total. The van der Waals surface area contributed by atoms with E-state index in [0.29, 0.717) is 5.56 Å². The molecule has 1 atom stereocenters. The zero-order chi connectivity index (χ0) is 19.4. The van der Waals surface area contributed by atoms with Crippen LogP contribution in [0.25, 0.3) is 11.1 Å². The molecule has 1 aliphatic rings. The van der Waals surface area contributed by atoms with Crippen LogP contribution in [0.2, 0.25) is 0 Å². The molecule has 1 aromatic carbocycles. The Bertz CT molecular complexity index is 839. The molecule has 1 unspecified atom stereocenters. The first-order valence-electron chi connectivity index (χ1n) is 10.2. The molecule has 0 bridgehead atoms. The number of allylic oxidation sites excluding steroid dienone is 2. The zero-order valence-electron chi connectivity index (χ0n) is 16.8. The molecule has 0 fully saturated rings. The average molecular weight is 366 g/mol. The Morgan fingerprint density at radius 3 is 2.67 bits per heavy atom. The van der Waals surface area contributed by atoms with Crippen LogP contribution in [0.15, 0.2) is 36.0 Å². The minimum Gasteiger partial charge on any atom is -0.507 e. The van der Waals surface area contributed by atoms with E-state index in [4.69, 9.17) is 0 Å². The van der Waals surface area contributed by atoms with Crippen molar-refractivity contribution in [2.75, 3.05) is 0 Å². The number of phenols is 2. The summed E-state index contributed by atoms with van der Waals surface area (Å²) in [6, 6.07) is 5.85. The zero-order valence-corrected chi connectivity index (χ0v) is 16.8. The Balaban J connectivity index is 2.14. The van der Waals surface area contributed by atoms with Gasteiger partial charge in [0, 0.05) is 28.9 Å². The summed E-state index contributed by atoms with van der Waals surface area (Å²) in [5, 5.41) is 22.1. The summed E-state index contributed by atoms with van der Waals surface area (Å²) in [6.07, 6.45) is 11.3. The van der Waals surface area contributed by atoms with Gasteiger partial charge in [-0.3, -0.25) is 4.98 Å². The third-order valence-corrected chi connectivity index (χ3v) is 5.58. The highest BCUT2D eigenvalue weighted by Gasteiger charge is 2.25. The van der Waals surface area contributed by atoms with Gasteiger partial charge in [-0.25, -0.2) is 0 Å². The van der Waals surface area contributed by atoms with Crippen LogP contribution >= 0.6 is 0 Å². The lowest BCUT2D eigenvalue weighted by Crippen LogP contribution is -2.05. The molecule has 0 aliphatic heterocycles. The lowest BCUT2D eigenvalue weighted by molar-refractivity contribution is 0.428. The van der Waals surface area contributed by atoms with Crippen LogP contribution in [-0.4, -0.2) is 15.2 Å². The van der Waals surface area contributed by atoms with Crippen molar-refractivity contribution in [3.8, 4) is 22.6 Å². The molecule has 0 spiro atoms. The fourth-order valence-electron chi connectivity index (χ4n) is 4.21. The molecule has 2 N–H and O–H groups in total. The molecule has 3 heteroatoms. The number of phenolic OH excluding ortho intramolecular Hbond substituents is 2. The summed E-state index contributed by atoms with van der Waals surface area (Å²) in [4.78, 5) is 4.30. The molecule has 0 amide bonds. The van der Waals surface area contributed by atoms with Crippen LogP contribution in [0.5, 0.6) is 11.5 Å². The number of unbranched alkanes of at least 4 members (excludes halogenated alkanes) is 2. The van der Waals surface area contributed by atoms with Crippen molar-refractivity contribution < 1.29 is 10.2 Å². The minimum atomic E-state index is 0.0742. The highest BCUT2D eigenvalue weighted by atomic mass is 16.3. The number of hydrogen-bond donors (Lipinski definition) is 2. The van der Waals surface area contributed by atoms with E-state index >= 15 is 0 Å². The summed E-state index contributed by atoms with van der Waals surface area (Å²) >= 11 is 0. The third-order valence-electron chi connectivity index (χ3n) is 5.58. The fraction of sp³-hybridized carbons (Fsp3) is 0.458. The Labute approximate surface area is 162 Å². The number of benzene rings is 1. The van der Waals surface area contributed by atoms with Gasteiger partial charge in [0.05, 0.1) is 0 Å². The van der Waals surface area contributed by atoms with Crippen LogP contribution < -0.4 is 0 Å². The van der Waals surface area contributed by atoms with Crippen LogP contribution in [0, 0.1) is 6.92 Å². The summed E-state index contributed by atoms with van der Waals surface area (Å²) in [6.45, 7) is 6.28. The number of aromatic nitrogens is 1. The van der Waals surface area contributed by atoms with E-state index in [-0.39, 0.29) is 17.4 Å². The van der Waals surface area contributed by atoms with E-state index in [1.807, 2.05) is 25.1 Å². The van der Waals surface area contributed by atoms with E-state index in [9.17, 15) is 10.2 Å². The van der Waals surface area contributed by atoms with Gasteiger partial charge in [0.25, 0.3) is 0 Å². The van der Waals surface area contributed by atoms with Gasteiger partial charge < -0.3 is 10.2 Å². The lowest BCUT2D eigenvalue weighted by atomic mass is 9.82. The molecule has 2 aromatic rings.